The quantitative estimate of drug-likeness (QED) is 0.850. The zero-order valence-corrected chi connectivity index (χ0v) is 13.6. The molecule has 0 fully saturated rings. The summed E-state index contributed by atoms with van der Waals surface area (Å²) in [5.74, 6) is 1.05. The van der Waals surface area contributed by atoms with Crippen LogP contribution >= 0.6 is 0 Å². The molecule has 0 aliphatic rings. The van der Waals surface area contributed by atoms with E-state index in [1.807, 2.05) is 4.68 Å². The van der Waals surface area contributed by atoms with Gasteiger partial charge < -0.3 is 5.32 Å². The van der Waals surface area contributed by atoms with Crippen molar-refractivity contribution in [2.75, 3.05) is 6.54 Å². The van der Waals surface area contributed by atoms with Crippen molar-refractivity contribution in [3.8, 4) is 0 Å². The van der Waals surface area contributed by atoms with Crippen LogP contribution in [0.4, 0.5) is 0 Å². The molecule has 0 bridgehead atoms. The van der Waals surface area contributed by atoms with E-state index in [0.717, 1.165) is 31.8 Å². The van der Waals surface area contributed by atoms with Gasteiger partial charge >= 0.3 is 0 Å². The number of aromatic nitrogens is 3. The molecule has 2 rings (SSSR count). The van der Waals surface area contributed by atoms with Crippen molar-refractivity contribution in [1.82, 2.24) is 20.1 Å². The van der Waals surface area contributed by atoms with E-state index < -0.39 is 0 Å². The molecule has 1 heterocycles. The molecular weight excluding hydrogens is 260 g/mol. The Morgan fingerprint density at radius 1 is 1.24 bits per heavy atom. The SMILES string of the molecule is CCCNC(Cc1ncnn1CC)c1cccc(C)c1C. The standard InChI is InChI=1S/C17H26N4/c1-5-10-18-16(11-17-19-12-20-21(17)6-2)15-9-7-8-13(3)14(15)4/h7-9,12,16,18H,5-6,10-11H2,1-4H3. The Bertz CT molecular complexity index is 574. The van der Waals surface area contributed by atoms with Crippen LogP contribution in [0.15, 0.2) is 24.5 Å². The predicted octanol–water partition coefficient (Wildman–Crippen LogP) is 3.20. The average molecular weight is 286 g/mol. The van der Waals surface area contributed by atoms with E-state index in [1.54, 1.807) is 6.33 Å². The Kier molecular flexibility index (Phi) is 5.51. The summed E-state index contributed by atoms with van der Waals surface area (Å²) in [7, 11) is 0. The summed E-state index contributed by atoms with van der Waals surface area (Å²) in [5, 5.41) is 7.94. The summed E-state index contributed by atoms with van der Waals surface area (Å²) < 4.78 is 1.98. The topological polar surface area (TPSA) is 42.7 Å². The lowest BCUT2D eigenvalue weighted by atomic mass is 9.95. The molecule has 114 valence electrons. The molecule has 4 nitrogen and oxygen atoms in total. The highest BCUT2D eigenvalue weighted by Crippen LogP contribution is 2.23. The lowest BCUT2D eigenvalue weighted by molar-refractivity contribution is 0.495. The zero-order chi connectivity index (χ0) is 15.2. The summed E-state index contributed by atoms with van der Waals surface area (Å²) in [6, 6.07) is 6.83. The normalized spacial score (nSPS) is 12.6. The first-order chi connectivity index (χ1) is 10.2. The van der Waals surface area contributed by atoms with E-state index in [1.165, 1.54) is 16.7 Å². The molecule has 0 saturated heterocycles. The van der Waals surface area contributed by atoms with E-state index in [4.69, 9.17) is 0 Å². The Balaban J connectivity index is 2.28. The van der Waals surface area contributed by atoms with Crippen LogP contribution in [0, 0.1) is 13.8 Å². The van der Waals surface area contributed by atoms with Crippen LogP contribution in [-0.2, 0) is 13.0 Å². The molecule has 0 aliphatic carbocycles. The fourth-order valence-electron chi connectivity index (χ4n) is 2.65. The van der Waals surface area contributed by atoms with E-state index in [9.17, 15) is 0 Å². The van der Waals surface area contributed by atoms with Crippen LogP contribution in [0.2, 0.25) is 0 Å². The van der Waals surface area contributed by atoms with Crippen molar-refractivity contribution >= 4 is 0 Å². The van der Waals surface area contributed by atoms with Crippen molar-refractivity contribution in [2.24, 2.45) is 0 Å². The van der Waals surface area contributed by atoms with E-state index in [0.29, 0.717) is 6.04 Å². The van der Waals surface area contributed by atoms with Gasteiger partial charge in [0.2, 0.25) is 0 Å². The Labute approximate surface area is 127 Å². The first-order valence-corrected chi connectivity index (χ1v) is 7.83. The van der Waals surface area contributed by atoms with Gasteiger partial charge in [0, 0.05) is 19.0 Å². The molecule has 0 amide bonds. The minimum absolute atomic E-state index is 0.291. The van der Waals surface area contributed by atoms with Gasteiger partial charge in [0.05, 0.1) is 0 Å². The molecule has 1 unspecified atom stereocenters. The molecule has 1 N–H and O–H groups in total. The molecule has 1 aromatic carbocycles. The van der Waals surface area contributed by atoms with Gasteiger partial charge in [-0.25, -0.2) is 4.98 Å². The average Bonchev–Trinajstić information content (AvgIpc) is 2.93. The largest absolute Gasteiger partial charge is 0.310 e. The Morgan fingerprint density at radius 3 is 2.76 bits per heavy atom. The molecule has 0 aliphatic heterocycles. The van der Waals surface area contributed by atoms with Gasteiger partial charge in [0.25, 0.3) is 0 Å². The van der Waals surface area contributed by atoms with Crippen LogP contribution < -0.4 is 5.32 Å². The van der Waals surface area contributed by atoms with Gasteiger partial charge in [0.15, 0.2) is 0 Å². The second kappa shape index (κ2) is 7.36. The van der Waals surface area contributed by atoms with Gasteiger partial charge in [-0.05, 0) is 50.4 Å². The van der Waals surface area contributed by atoms with Crippen molar-refractivity contribution in [3.63, 3.8) is 0 Å². The molecule has 0 radical (unpaired) electrons. The molecule has 0 spiro atoms. The number of rotatable bonds is 7. The smallest absolute Gasteiger partial charge is 0.138 e. The highest BCUT2D eigenvalue weighted by Gasteiger charge is 2.17. The number of hydrogen-bond acceptors (Lipinski definition) is 3. The lowest BCUT2D eigenvalue weighted by Gasteiger charge is -2.21. The molecule has 1 aromatic heterocycles. The summed E-state index contributed by atoms with van der Waals surface area (Å²) in [6.07, 6.45) is 3.65. The van der Waals surface area contributed by atoms with Crippen LogP contribution in [0.1, 0.15) is 48.8 Å². The minimum atomic E-state index is 0.291. The van der Waals surface area contributed by atoms with Gasteiger partial charge in [-0.3, -0.25) is 4.68 Å². The van der Waals surface area contributed by atoms with Crippen molar-refractivity contribution in [1.29, 1.82) is 0 Å². The Hall–Kier alpha value is -1.68. The fourth-order valence-corrected chi connectivity index (χ4v) is 2.65. The summed E-state index contributed by atoms with van der Waals surface area (Å²) in [6.45, 7) is 10.5. The first kappa shape index (κ1) is 15.7. The number of nitrogens with zero attached hydrogens (tertiary/aromatic N) is 3. The molecular formula is C17H26N4. The second-order valence-corrected chi connectivity index (χ2v) is 5.49. The second-order valence-electron chi connectivity index (χ2n) is 5.49. The summed E-state index contributed by atoms with van der Waals surface area (Å²) in [4.78, 5) is 4.42. The number of aryl methyl sites for hydroxylation is 2. The van der Waals surface area contributed by atoms with Crippen LogP contribution in [0.5, 0.6) is 0 Å². The van der Waals surface area contributed by atoms with Gasteiger partial charge in [-0.1, -0.05) is 25.1 Å². The minimum Gasteiger partial charge on any atom is -0.310 e. The van der Waals surface area contributed by atoms with Crippen molar-refractivity contribution < 1.29 is 0 Å². The van der Waals surface area contributed by atoms with Gasteiger partial charge in [0.1, 0.15) is 12.2 Å². The predicted molar refractivity (Wildman–Crippen MR) is 86.4 cm³/mol. The molecule has 0 saturated carbocycles. The molecule has 2 aromatic rings. The molecule has 21 heavy (non-hydrogen) atoms. The maximum absolute atomic E-state index is 4.42. The maximum atomic E-state index is 4.42. The highest BCUT2D eigenvalue weighted by molar-refractivity contribution is 5.35. The van der Waals surface area contributed by atoms with Gasteiger partial charge in [-0.15, -0.1) is 0 Å². The van der Waals surface area contributed by atoms with Crippen LogP contribution in [0.25, 0.3) is 0 Å². The van der Waals surface area contributed by atoms with Crippen molar-refractivity contribution in [3.05, 3.63) is 47.0 Å². The van der Waals surface area contributed by atoms with Crippen LogP contribution in [-0.4, -0.2) is 21.3 Å². The Morgan fingerprint density at radius 2 is 2.05 bits per heavy atom. The highest BCUT2D eigenvalue weighted by atomic mass is 15.3. The number of hydrogen-bond donors (Lipinski definition) is 1. The monoisotopic (exact) mass is 286 g/mol. The molecule has 4 heteroatoms. The van der Waals surface area contributed by atoms with Gasteiger partial charge in [-0.2, -0.15) is 5.10 Å². The lowest BCUT2D eigenvalue weighted by Crippen LogP contribution is -2.26. The maximum Gasteiger partial charge on any atom is 0.138 e. The third kappa shape index (κ3) is 3.70. The van der Waals surface area contributed by atoms with E-state index >= 15 is 0 Å². The number of benzene rings is 1. The molecule has 1 atom stereocenters. The fraction of sp³-hybridized carbons (Fsp3) is 0.529. The van der Waals surface area contributed by atoms with Crippen LogP contribution in [0.3, 0.4) is 0 Å². The third-order valence-electron chi connectivity index (χ3n) is 4.04. The summed E-state index contributed by atoms with van der Waals surface area (Å²) >= 11 is 0. The number of nitrogens with one attached hydrogen (secondary N) is 1. The first-order valence-electron chi connectivity index (χ1n) is 7.83. The zero-order valence-electron chi connectivity index (χ0n) is 13.6. The van der Waals surface area contributed by atoms with E-state index in [2.05, 4.69) is 61.3 Å². The third-order valence-corrected chi connectivity index (χ3v) is 4.04. The van der Waals surface area contributed by atoms with Crippen molar-refractivity contribution in [2.45, 2.75) is 53.1 Å². The summed E-state index contributed by atoms with van der Waals surface area (Å²) in [5.41, 5.74) is 4.08. The van der Waals surface area contributed by atoms with E-state index in [-0.39, 0.29) is 0 Å².